The highest BCUT2D eigenvalue weighted by Crippen LogP contribution is 2.38. The largest absolute Gasteiger partial charge is 0.375 e. The van der Waals surface area contributed by atoms with Crippen molar-refractivity contribution in [2.45, 2.75) is 18.4 Å². The molecule has 5 nitrogen and oxygen atoms in total. The van der Waals surface area contributed by atoms with Crippen LogP contribution in [0.5, 0.6) is 0 Å². The Morgan fingerprint density at radius 1 is 1.33 bits per heavy atom. The summed E-state index contributed by atoms with van der Waals surface area (Å²) < 4.78 is 22.1. The van der Waals surface area contributed by atoms with E-state index < -0.39 is 21.3 Å². The van der Waals surface area contributed by atoms with Gasteiger partial charge in [-0.15, -0.1) is 0 Å². The summed E-state index contributed by atoms with van der Waals surface area (Å²) in [5.41, 5.74) is -0.505. The molecule has 1 aromatic carbocycles. The predicted molar refractivity (Wildman–Crippen MR) is 67.9 cm³/mol. The highest BCUT2D eigenvalue weighted by molar-refractivity contribution is 7.90. The van der Waals surface area contributed by atoms with Gasteiger partial charge in [0.1, 0.15) is 9.84 Å². The number of hydrogen-bond donors (Lipinski definition) is 2. The third-order valence-corrected chi connectivity index (χ3v) is 4.08. The van der Waals surface area contributed by atoms with Gasteiger partial charge in [0.25, 0.3) is 5.91 Å². The lowest BCUT2D eigenvalue weighted by Crippen LogP contribution is -2.34. The van der Waals surface area contributed by atoms with Crippen LogP contribution in [-0.2, 0) is 20.2 Å². The number of para-hydroxylation sites is 1. The van der Waals surface area contributed by atoms with Crippen molar-refractivity contribution in [2.24, 2.45) is 0 Å². The number of sulfone groups is 1. The van der Waals surface area contributed by atoms with Gasteiger partial charge in [0, 0.05) is 17.5 Å². The van der Waals surface area contributed by atoms with Crippen LogP contribution < -0.4 is 5.32 Å². The molecule has 0 radical (unpaired) electrons. The van der Waals surface area contributed by atoms with Crippen molar-refractivity contribution in [1.29, 1.82) is 0 Å². The normalized spacial score (nSPS) is 22.7. The standard InChI is InChI=1S/C12H15NO4S/c1-18(16,17)8-4-7-12(15)9-5-2-3-6-10(9)13-11(12)14/h2-3,5-6,15H,4,7-8H2,1H3,(H,13,14). The van der Waals surface area contributed by atoms with E-state index in [1.807, 2.05) is 0 Å². The summed E-state index contributed by atoms with van der Waals surface area (Å²) in [6.07, 6.45) is 1.49. The Labute approximate surface area is 106 Å². The van der Waals surface area contributed by atoms with Crippen molar-refractivity contribution in [3.05, 3.63) is 29.8 Å². The molecule has 6 heteroatoms. The summed E-state index contributed by atoms with van der Waals surface area (Å²) in [7, 11) is -3.08. The minimum Gasteiger partial charge on any atom is -0.375 e. The van der Waals surface area contributed by atoms with Crippen LogP contribution in [0, 0.1) is 0 Å². The van der Waals surface area contributed by atoms with E-state index >= 15 is 0 Å². The molecule has 98 valence electrons. The highest BCUT2D eigenvalue weighted by atomic mass is 32.2. The van der Waals surface area contributed by atoms with E-state index in [9.17, 15) is 18.3 Å². The number of amides is 1. The number of anilines is 1. The van der Waals surface area contributed by atoms with E-state index in [1.54, 1.807) is 24.3 Å². The summed E-state index contributed by atoms with van der Waals surface area (Å²) in [6.45, 7) is 0. The Bertz CT molecular complexity index is 581. The molecule has 1 aromatic rings. The van der Waals surface area contributed by atoms with Crippen LogP contribution in [0.2, 0.25) is 0 Å². The maximum atomic E-state index is 11.8. The average Bonchev–Trinajstić information content (AvgIpc) is 2.51. The van der Waals surface area contributed by atoms with Crippen LogP contribution in [0.25, 0.3) is 0 Å². The van der Waals surface area contributed by atoms with Crippen LogP contribution in [0.3, 0.4) is 0 Å². The first-order valence-electron chi connectivity index (χ1n) is 5.64. The Morgan fingerprint density at radius 2 is 2.00 bits per heavy atom. The summed E-state index contributed by atoms with van der Waals surface area (Å²) >= 11 is 0. The Morgan fingerprint density at radius 3 is 2.67 bits per heavy atom. The van der Waals surface area contributed by atoms with Crippen LogP contribution in [0.4, 0.5) is 5.69 Å². The molecule has 1 amide bonds. The number of hydrogen-bond acceptors (Lipinski definition) is 4. The van der Waals surface area contributed by atoms with Crippen LogP contribution in [0.1, 0.15) is 18.4 Å². The molecule has 0 saturated heterocycles. The molecule has 0 fully saturated rings. The number of rotatable bonds is 4. The minimum absolute atomic E-state index is 0.0369. The monoisotopic (exact) mass is 269 g/mol. The van der Waals surface area contributed by atoms with Gasteiger partial charge in [-0.2, -0.15) is 0 Å². The molecule has 1 unspecified atom stereocenters. The fourth-order valence-corrected chi connectivity index (χ4v) is 2.81. The molecule has 1 heterocycles. The molecular formula is C12H15NO4S. The average molecular weight is 269 g/mol. The van der Waals surface area contributed by atoms with Gasteiger partial charge in [0.05, 0.1) is 5.75 Å². The van der Waals surface area contributed by atoms with Crippen molar-refractivity contribution >= 4 is 21.4 Å². The summed E-state index contributed by atoms with van der Waals surface area (Å²) in [4.78, 5) is 11.8. The minimum atomic E-state index is -3.08. The molecular weight excluding hydrogens is 254 g/mol. The molecule has 0 spiro atoms. The van der Waals surface area contributed by atoms with Crippen LogP contribution in [0.15, 0.2) is 24.3 Å². The number of carbonyl (C=O) groups is 1. The zero-order chi connectivity index (χ0) is 13.4. The third-order valence-electron chi connectivity index (χ3n) is 3.05. The fourth-order valence-electron chi connectivity index (χ4n) is 2.14. The fraction of sp³-hybridized carbons (Fsp3) is 0.417. The van der Waals surface area contributed by atoms with E-state index in [2.05, 4.69) is 5.32 Å². The zero-order valence-corrected chi connectivity index (χ0v) is 10.8. The van der Waals surface area contributed by atoms with Gasteiger partial charge in [-0.3, -0.25) is 4.79 Å². The second kappa shape index (κ2) is 4.37. The Hall–Kier alpha value is -1.40. The smallest absolute Gasteiger partial charge is 0.261 e. The van der Waals surface area contributed by atoms with Gasteiger partial charge >= 0.3 is 0 Å². The van der Waals surface area contributed by atoms with Gasteiger partial charge < -0.3 is 10.4 Å². The first-order chi connectivity index (χ1) is 8.33. The SMILES string of the molecule is CS(=O)(=O)CCCC1(O)C(=O)Nc2ccccc21. The van der Waals surface area contributed by atoms with Gasteiger partial charge in [0.15, 0.2) is 5.60 Å². The molecule has 0 aliphatic carbocycles. The molecule has 0 saturated carbocycles. The molecule has 2 rings (SSSR count). The van der Waals surface area contributed by atoms with Crippen molar-refractivity contribution in [3.63, 3.8) is 0 Å². The highest BCUT2D eigenvalue weighted by Gasteiger charge is 2.44. The van der Waals surface area contributed by atoms with Crippen LogP contribution >= 0.6 is 0 Å². The number of nitrogens with one attached hydrogen (secondary N) is 1. The number of fused-ring (bicyclic) bond motifs is 1. The van der Waals surface area contributed by atoms with Crippen molar-refractivity contribution in [2.75, 3.05) is 17.3 Å². The first kappa shape index (κ1) is 13.0. The van der Waals surface area contributed by atoms with Crippen molar-refractivity contribution in [1.82, 2.24) is 0 Å². The second-order valence-corrected chi connectivity index (χ2v) is 6.85. The van der Waals surface area contributed by atoms with E-state index in [0.717, 1.165) is 6.26 Å². The van der Waals surface area contributed by atoms with E-state index in [0.29, 0.717) is 11.3 Å². The zero-order valence-electron chi connectivity index (χ0n) is 10.0. The van der Waals surface area contributed by atoms with Gasteiger partial charge in [-0.25, -0.2) is 8.42 Å². The quantitative estimate of drug-likeness (QED) is 0.840. The number of benzene rings is 1. The Kier molecular flexibility index (Phi) is 3.16. The second-order valence-electron chi connectivity index (χ2n) is 4.59. The molecule has 18 heavy (non-hydrogen) atoms. The molecule has 2 N–H and O–H groups in total. The first-order valence-corrected chi connectivity index (χ1v) is 7.70. The van der Waals surface area contributed by atoms with Crippen LogP contribution in [-0.4, -0.2) is 31.4 Å². The maximum Gasteiger partial charge on any atom is 0.261 e. The summed E-state index contributed by atoms with van der Waals surface area (Å²) in [6, 6.07) is 6.89. The van der Waals surface area contributed by atoms with Gasteiger partial charge in [-0.1, -0.05) is 18.2 Å². The van der Waals surface area contributed by atoms with Gasteiger partial charge in [-0.05, 0) is 18.9 Å². The molecule has 0 aromatic heterocycles. The molecule has 1 atom stereocenters. The van der Waals surface area contributed by atoms with Gasteiger partial charge in [0.2, 0.25) is 0 Å². The molecule has 1 aliphatic rings. The van der Waals surface area contributed by atoms with E-state index in [4.69, 9.17) is 0 Å². The predicted octanol–water partition coefficient (Wildman–Crippen LogP) is 0.651. The maximum absolute atomic E-state index is 11.8. The lowest BCUT2D eigenvalue weighted by Gasteiger charge is -2.20. The topological polar surface area (TPSA) is 83.5 Å². The molecule has 1 aliphatic heterocycles. The van der Waals surface area contributed by atoms with Crippen molar-refractivity contribution in [3.8, 4) is 0 Å². The Balaban J connectivity index is 2.18. The van der Waals surface area contributed by atoms with Crippen molar-refractivity contribution < 1.29 is 18.3 Å². The summed E-state index contributed by atoms with van der Waals surface area (Å²) in [5.74, 6) is -0.526. The third kappa shape index (κ3) is 2.39. The molecule has 0 bridgehead atoms. The lowest BCUT2D eigenvalue weighted by atomic mass is 9.91. The summed E-state index contributed by atoms with van der Waals surface area (Å²) in [5, 5.41) is 13.0. The number of aliphatic hydroxyl groups is 1. The number of carbonyl (C=O) groups excluding carboxylic acids is 1. The van der Waals surface area contributed by atoms with E-state index in [1.165, 1.54) is 0 Å². The van der Waals surface area contributed by atoms with E-state index in [-0.39, 0.29) is 18.6 Å². The lowest BCUT2D eigenvalue weighted by molar-refractivity contribution is -0.134.